The molecule has 1 heterocycles. The van der Waals surface area contributed by atoms with Crippen LogP contribution in [-0.4, -0.2) is 24.6 Å². The van der Waals surface area contributed by atoms with Crippen LogP contribution in [0.1, 0.15) is 5.56 Å². The van der Waals surface area contributed by atoms with E-state index in [1.54, 1.807) is 6.20 Å². The summed E-state index contributed by atoms with van der Waals surface area (Å²) in [6, 6.07) is 1.11. The molecular weight excluding hydrogens is 220 g/mol. The summed E-state index contributed by atoms with van der Waals surface area (Å²) in [6.07, 6.45) is 1.70. The average Bonchev–Trinajstić information content (AvgIpc) is 2.19. The van der Waals surface area contributed by atoms with Gasteiger partial charge >= 0.3 is 0 Å². The molecule has 0 aliphatic carbocycles. The third kappa shape index (κ3) is 4.16. The number of nitrogen functional groups attached to an aromatic ring is 1. The van der Waals surface area contributed by atoms with Gasteiger partial charge in [0, 0.05) is 19.8 Å². The maximum Gasteiger partial charge on any atom is 0.240 e. The van der Waals surface area contributed by atoms with E-state index in [1.165, 1.54) is 0 Å². The van der Waals surface area contributed by atoms with Crippen LogP contribution in [-0.2, 0) is 0 Å². The Morgan fingerprint density at radius 1 is 1.44 bits per heavy atom. The van der Waals surface area contributed by atoms with Gasteiger partial charge in [0.05, 0.1) is 6.61 Å². The van der Waals surface area contributed by atoms with Crippen LogP contribution in [0.25, 0.3) is 0 Å². The Hall–Kier alpha value is -1.14. The third-order valence-electron chi connectivity index (χ3n) is 2.15. The second-order valence-electron chi connectivity index (χ2n) is 4.99. The molecule has 0 unspecified atom stereocenters. The lowest BCUT2D eigenvalue weighted by molar-refractivity contribution is 0.322. The number of aromatic nitrogens is 2. The van der Waals surface area contributed by atoms with Crippen molar-refractivity contribution >= 4 is 14.0 Å². The molecule has 90 valence electrons. The van der Waals surface area contributed by atoms with Crippen molar-refractivity contribution in [1.29, 1.82) is 0 Å². The predicted octanol–water partition coefficient (Wildman–Crippen LogP) is 1.79. The molecule has 1 aromatic rings. The van der Waals surface area contributed by atoms with E-state index in [4.69, 9.17) is 10.6 Å². The molecule has 0 spiro atoms. The van der Waals surface area contributed by atoms with Gasteiger partial charge in [-0.2, -0.15) is 4.98 Å². The van der Waals surface area contributed by atoms with E-state index in [2.05, 4.69) is 35.0 Å². The van der Waals surface area contributed by atoms with Crippen molar-refractivity contribution in [2.24, 2.45) is 5.84 Å². The van der Waals surface area contributed by atoms with Gasteiger partial charge in [0.15, 0.2) is 0 Å². The number of hydrazine groups is 1. The smallest absolute Gasteiger partial charge is 0.240 e. The molecule has 1 aromatic heterocycles. The minimum atomic E-state index is -1.06. The highest BCUT2D eigenvalue weighted by atomic mass is 28.3. The van der Waals surface area contributed by atoms with Crippen molar-refractivity contribution < 1.29 is 4.74 Å². The van der Waals surface area contributed by atoms with Crippen LogP contribution in [0.4, 0.5) is 5.95 Å². The fraction of sp³-hybridized carbons (Fsp3) is 0.600. The van der Waals surface area contributed by atoms with Gasteiger partial charge in [-0.1, -0.05) is 19.6 Å². The van der Waals surface area contributed by atoms with Gasteiger partial charge in [-0.3, -0.25) is 5.43 Å². The highest BCUT2D eigenvalue weighted by Gasteiger charge is 2.13. The van der Waals surface area contributed by atoms with Crippen molar-refractivity contribution in [3.63, 3.8) is 0 Å². The van der Waals surface area contributed by atoms with Gasteiger partial charge in [-0.05, 0) is 13.0 Å². The summed E-state index contributed by atoms with van der Waals surface area (Å²) in [5.41, 5.74) is 3.33. The Balaban J connectivity index is 2.59. The number of nitrogens with two attached hydrogens (primary N) is 1. The molecule has 0 fully saturated rings. The van der Waals surface area contributed by atoms with Gasteiger partial charge < -0.3 is 4.74 Å². The molecule has 0 saturated carbocycles. The molecule has 0 amide bonds. The molecule has 0 bridgehead atoms. The van der Waals surface area contributed by atoms with Gasteiger partial charge in [0.25, 0.3) is 0 Å². The molecule has 1 rings (SSSR count). The lowest BCUT2D eigenvalue weighted by Gasteiger charge is -2.16. The van der Waals surface area contributed by atoms with Crippen molar-refractivity contribution in [2.45, 2.75) is 32.6 Å². The Bertz CT molecular complexity index is 351. The molecule has 16 heavy (non-hydrogen) atoms. The van der Waals surface area contributed by atoms with E-state index >= 15 is 0 Å². The van der Waals surface area contributed by atoms with Gasteiger partial charge in [0.2, 0.25) is 11.8 Å². The van der Waals surface area contributed by atoms with Crippen LogP contribution >= 0.6 is 0 Å². The summed E-state index contributed by atoms with van der Waals surface area (Å²) in [5.74, 6) is 6.24. The first-order valence-electron chi connectivity index (χ1n) is 5.35. The first-order chi connectivity index (χ1) is 7.42. The van der Waals surface area contributed by atoms with Crippen LogP contribution in [0.5, 0.6) is 5.88 Å². The molecule has 3 N–H and O–H groups in total. The Labute approximate surface area is 97.4 Å². The molecule has 0 atom stereocenters. The van der Waals surface area contributed by atoms with Crippen LogP contribution in [0.15, 0.2) is 6.20 Å². The molecule has 0 radical (unpaired) electrons. The lowest BCUT2D eigenvalue weighted by atomic mass is 10.4. The standard InChI is InChI=1S/C10H20N4OSi/c1-8-7-12-10(14-11)13-9(8)15-5-6-16(2,3)4/h7H,5-6,11H2,1-4H3,(H,12,13,14). The SMILES string of the molecule is Cc1cnc(NN)nc1OCC[Si](C)(C)C. The van der Waals surface area contributed by atoms with Gasteiger partial charge in [-0.25, -0.2) is 10.8 Å². The highest BCUT2D eigenvalue weighted by molar-refractivity contribution is 6.76. The van der Waals surface area contributed by atoms with E-state index in [9.17, 15) is 0 Å². The molecule has 0 saturated heterocycles. The number of anilines is 1. The summed E-state index contributed by atoms with van der Waals surface area (Å²) in [6.45, 7) is 9.57. The zero-order chi connectivity index (χ0) is 12.2. The van der Waals surface area contributed by atoms with Crippen LogP contribution in [0.3, 0.4) is 0 Å². The van der Waals surface area contributed by atoms with Crippen molar-refractivity contribution in [3.05, 3.63) is 11.8 Å². The zero-order valence-corrected chi connectivity index (χ0v) is 11.4. The summed E-state index contributed by atoms with van der Waals surface area (Å²) < 4.78 is 5.64. The fourth-order valence-electron chi connectivity index (χ4n) is 1.10. The number of aryl methyl sites for hydroxylation is 1. The van der Waals surface area contributed by atoms with Crippen molar-refractivity contribution in [3.8, 4) is 5.88 Å². The lowest BCUT2D eigenvalue weighted by Crippen LogP contribution is -2.23. The molecule has 0 aromatic carbocycles. The van der Waals surface area contributed by atoms with Gasteiger partial charge in [-0.15, -0.1) is 0 Å². The van der Waals surface area contributed by atoms with E-state index in [0.29, 0.717) is 18.4 Å². The fourth-order valence-corrected chi connectivity index (χ4v) is 1.81. The average molecular weight is 240 g/mol. The Kier molecular flexibility index (Phi) is 4.25. The monoisotopic (exact) mass is 240 g/mol. The molecular formula is C10H20N4OSi. The van der Waals surface area contributed by atoms with E-state index in [1.807, 2.05) is 6.92 Å². The predicted molar refractivity (Wildman–Crippen MR) is 68.2 cm³/mol. The van der Waals surface area contributed by atoms with E-state index in [0.717, 1.165) is 11.6 Å². The number of ether oxygens (including phenoxy) is 1. The van der Waals surface area contributed by atoms with Crippen LogP contribution in [0.2, 0.25) is 25.7 Å². The highest BCUT2D eigenvalue weighted by Crippen LogP contribution is 2.16. The maximum atomic E-state index is 5.64. The van der Waals surface area contributed by atoms with E-state index < -0.39 is 8.07 Å². The minimum Gasteiger partial charge on any atom is -0.478 e. The van der Waals surface area contributed by atoms with Crippen LogP contribution < -0.4 is 16.0 Å². The minimum absolute atomic E-state index is 0.383. The summed E-state index contributed by atoms with van der Waals surface area (Å²) in [5, 5.41) is 0. The van der Waals surface area contributed by atoms with Crippen LogP contribution in [0, 0.1) is 6.92 Å². The summed E-state index contributed by atoms with van der Waals surface area (Å²) >= 11 is 0. The Morgan fingerprint density at radius 3 is 2.69 bits per heavy atom. The second-order valence-corrected chi connectivity index (χ2v) is 10.6. The van der Waals surface area contributed by atoms with Crippen molar-refractivity contribution in [1.82, 2.24) is 9.97 Å². The molecule has 5 nitrogen and oxygen atoms in total. The number of rotatable bonds is 5. The topological polar surface area (TPSA) is 73.1 Å². The summed E-state index contributed by atoms with van der Waals surface area (Å²) in [4.78, 5) is 8.15. The second kappa shape index (κ2) is 5.27. The maximum absolute atomic E-state index is 5.64. The Morgan fingerprint density at radius 2 is 2.12 bits per heavy atom. The molecule has 0 aliphatic heterocycles. The first-order valence-corrected chi connectivity index (χ1v) is 9.06. The molecule has 0 aliphatic rings. The summed E-state index contributed by atoms with van der Waals surface area (Å²) in [7, 11) is -1.06. The number of hydrogen-bond acceptors (Lipinski definition) is 5. The number of hydrogen-bond donors (Lipinski definition) is 2. The molecule has 6 heteroatoms. The largest absolute Gasteiger partial charge is 0.478 e. The number of nitrogens with one attached hydrogen (secondary N) is 1. The quantitative estimate of drug-likeness (QED) is 0.466. The number of nitrogens with zero attached hydrogens (tertiary/aromatic N) is 2. The zero-order valence-electron chi connectivity index (χ0n) is 10.4. The van der Waals surface area contributed by atoms with Gasteiger partial charge in [0.1, 0.15) is 0 Å². The van der Waals surface area contributed by atoms with E-state index in [-0.39, 0.29) is 0 Å². The first kappa shape index (κ1) is 12.9. The third-order valence-corrected chi connectivity index (χ3v) is 3.85. The normalized spacial score (nSPS) is 11.3. The van der Waals surface area contributed by atoms with Crippen molar-refractivity contribution in [2.75, 3.05) is 12.0 Å².